The van der Waals surface area contributed by atoms with Gasteiger partial charge in [0.05, 0.1) is 6.10 Å². The first-order valence-electron chi connectivity index (χ1n) is 6.08. The van der Waals surface area contributed by atoms with Crippen LogP contribution in [0.2, 0.25) is 0 Å². The second-order valence-corrected chi connectivity index (χ2v) is 5.72. The van der Waals surface area contributed by atoms with E-state index in [2.05, 4.69) is 13.0 Å². The third-order valence-corrected chi connectivity index (χ3v) is 5.01. The highest BCUT2D eigenvalue weighted by Gasteiger charge is 2.50. The Hall–Kier alpha value is -0.300. The summed E-state index contributed by atoms with van der Waals surface area (Å²) in [5.74, 6) is 1.68. The molecule has 3 aliphatic rings. The summed E-state index contributed by atoms with van der Waals surface area (Å²) in [7, 11) is 0. The minimum absolute atomic E-state index is 0.0565. The maximum Gasteiger partial charge on any atom is 0.0580 e. The van der Waals surface area contributed by atoms with Gasteiger partial charge < -0.3 is 5.11 Å². The first-order valence-corrected chi connectivity index (χ1v) is 6.08. The predicted molar refractivity (Wildman–Crippen MR) is 56.9 cm³/mol. The molecule has 4 atom stereocenters. The monoisotopic (exact) mass is 192 g/mol. The van der Waals surface area contributed by atoms with Gasteiger partial charge in [-0.25, -0.2) is 0 Å². The van der Waals surface area contributed by atoms with E-state index in [-0.39, 0.29) is 6.10 Å². The van der Waals surface area contributed by atoms with Crippen LogP contribution in [0.5, 0.6) is 0 Å². The summed E-state index contributed by atoms with van der Waals surface area (Å²) in [6.07, 6.45) is 9.95. The Balaban J connectivity index is 1.99. The number of rotatable bonds is 0. The van der Waals surface area contributed by atoms with Crippen LogP contribution in [0.25, 0.3) is 0 Å². The summed E-state index contributed by atoms with van der Waals surface area (Å²) in [6.45, 7) is 2.35. The van der Waals surface area contributed by atoms with E-state index in [1.165, 1.54) is 25.7 Å². The van der Waals surface area contributed by atoms with Gasteiger partial charge in [-0.15, -0.1) is 0 Å². The second kappa shape index (κ2) is 2.85. The van der Waals surface area contributed by atoms with E-state index in [1.807, 2.05) is 0 Å². The molecule has 78 valence electrons. The van der Waals surface area contributed by atoms with Gasteiger partial charge in [-0.05, 0) is 55.8 Å². The molecule has 2 fully saturated rings. The third kappa shape index (κ3) is 1.05. The molecule has 2 saturated carbocycles. The standard InChI is InChI=1S/C13H20O/c1-9-6-12(14)7-11-3-2-10-4-5-13(9,11)8-10/h3,9-10,12,14H,2,4-8H2,1H3/t9-,10-,12+,13+/m1/s1. The lowest BCUT2D eigenvalue weighted by molar-refractivity contribution is 0.0584. The lowest BCUT2D eigenvalue weighted by Gasteiger charge is -2.46. The van der Waals surface area contributed by atoms with E-state index >= 15 is 0 Å². The molecule has 0 unspecified atom stereocenters. The highest BCUT2D eigenvalue weighted by molar-refractivity contribution is 5.26. The summed E-state index contributed by atoms with van der Waals surface area (Å²) in [4.78, 5) is 0. The molecule has 0 aromatic carbocycles. The molecular formula is C13H20O. The summed E-state index contributed by atoms with van der Waals surface area (Å²) >= 11 is 0. The fourth-order valence-electron chi connectivity index (χ4n) is 4.21. The van der Waals surface area contributed by atoms with E-state index in [0.29, 0.717) is 11.3 Å². The molecule has 1 N–H and O–H groups in total. The van der Waals surface area contributed by atoms with Crippen LogP contribution >= 0.6 is 0 Å². The third-order valence-electron chi connectivity index (χ3n) is 5.01. The molecule has 0 aromatic rings. The van der Waals surface area contributed by atoms with Crippen molar-refractivity contribution in [2.45, 2.75) is 51.6 Å². The van der Waals surface area contributed by atoms with Crippen molar-refractivity contribution in [3.63, 3.8) is 0 Å². The quantitative estimate of drug-likeness (QED) is 0.585. The minimum atomic E-state index is -0.0565. The molecule has 2 bridgehead atoms. The zero-order valence-electron chi connectivity index (χ0n) is 9.00. The van der Waals surface area contributed by atoms with Gasteiger partial charge in [0.15, 0.2) is 0 Å². The Bertz CT molecular complexity index is 281. The average Bonchev–Trinajstić information content (AvgIpc) is 2.49. The zero-order valence-corrected chi connectivity index (χ0v) is 9.00. The number of aliphatic hydroxyl groups is 1. The van der Waals surface area contributed by atoms with Gasteiger partial charge in [0.25, 0.3) is 0 Å². The van der Waals surface area contributed by atoms with Gasteiger partial charge in [0.2, 0.25) is 0 Å². The molecule has 1 nitrogen and oxygen atoms in total. The van der Waals surface area contributed by atoms with Crippen molar-refractivity contribution in [1.82, 2.24) is 0 Å². The maximum absolute atomic E-state index is 9.80. The fourth-order valence-corrected chi connectivity index (χ4v) is 4.21. The number of hydrogen-bond acceptors (Lipinski definition) is 1. The molecule has 0 radical (unpaired) electrons. The van der Waals surface area contributed by atoms with Gasteiger partial charge in [0.1, 0.15) is 0 Å². The van der Waals surface area contributed by atoms with Gasteiger partial charge >= 0.3 is 0 Å². The van der Waals surface area contributed by atoms with E-state index in [0.717, 1.165) is 18.8 Å². The topological polar surface area (TPSA) is 20.2 Å². The maximum atomic E-state index is 9.80. The van der Waals surface area contributed by atoms with Crippen LogP contribution in [0.4, 0.5) is 0 Å². The van der Waals surface area contributed by atoms with E-state index in [1.54, 1.807) is 5.57 Å². The van der Waals surface area contributed by atoms with Crippen LogP contribution in [0.1, 0.15) is 45.4 Å². The zero-order chi connectivity index (χ0) is 9.76. The highest BCUT2D eigenvalue weighted by Crippen LogP contribution is 2.60. The summed E-state index contributed by atoms with van der Waals surface area (Å²) in [5.41, 5.74) is 2.14. The first-order chi connectivity index (χ1) is 6.71. The summed E-state index contributed by atoms with van der Waals surface area (Å²) < 4.78 is 0. The Labute approximate surface area is 86.2 Å². The van der Waals surface area contributed by atoms with Crippen molar-refractivity contribution in [2.75, 3.05) is 0 Å². The van der Waals surface area contributed by atoms with Crippen LogP contribution in [0.15, 0.2) is 11.6 Å². The molecule has 0 aliphatic heterocycles. The lowest BCUT2D eigenvalue weighted by atomic mass is 9.60. The fraction of sp³-hybridized carbons (Fsp3) is 0.846. The average molecular weight is 192 g/mol. The highest BCUT2D eigenvalue weighted by atomic mass is 16.3. The molecule has 0 amide bonds. The number of allylic oxidation sites excluding steroid dienone is 1. The summed E-state index contributed by atoms with van der Waals surface area (Å²) in [5, 5.41) is 9.80. The van der Waals surface area contributed by atoms with Gasteiger partial charge in [-0.3, -0.25) is 0 Å². The van der Waals surface area contributed by atoms with Crippen LogP contribution in [-0.4, -0.2) is 11.2 Å². The number of aliphatic hydroxyl groups excluding tert-OH is 1. The molecular weight excluding hydrogens is 172 g/mol. The lowest BCUT2D eigenvalue weighted by Crippen LogP contribution is -2.38. The van der Waals surface area contributed by atoms with Crippen LogP contribution in [0.3, 0.4) is 0 Å². The van der Waals surface area contributed by atoms with Crippen molar-refractivity contribution < 1.29 is 5.11 Å². The van der Waals surface area contributed by atoms with Crippen molar-refractivity contribution in [1.29, 1.82) is 0 Å². The van der Waals surface area contributed by atoms with Crippen molar-refractivity contribution >= 4 is 0 Å². The molecule has 0 aromatic heterocycles. The van der Waals surface area contributed by atoms with Gasteiger partial charge in [-0.2, -0.15) is 0 Å². The molecule has 0 heterocycles. The molecule has 0 saturated heterocycles. The van der Waals surface area contributed by atoms with Crippen molar-refractivity contribution in [3.05, 3.63) is 11.6 Å². The molecule has 3 aliphatic carbocycles. The normalized spacial score (nSPS) is 51.3. The Morgan fingerprint density at radius 1 is 1.50 bits per heavy atom. The Morgan fingerprint density at radius 3 is 3.21 bits per heavy atom. The van der Waals surface area contributed by atoms with Crippen LogP contribution < -0.4 is 0 Å². The van der Waals surface area contributed by atoms with E-state index in [4.69, 9.17) is 0 Å². The van der Waals surface area contributed by atoms with Crippen LogP contribution in [0, 0.1) is 17.3 Å². The Kier molecular flexibility index (Phi) is 1.82. The largest absolute Gasteiger partial charge is 0.393 e. The van der Waals surface area contributed by atoms with Gasteiger partial charge in [-0.1, -0.05) is 18.6 Å². The van der Waals surface area contributed by atoms with Crippen molar-refractivity contribution in [2.24, 2.45) is 17.3 Å². The smallest absolute Gasteiger partial charge is 0.0580 e. The molecule has 3 rings (SSSR count). The molecule has 14 heavy (non-hydrogen) atoms. The number of fused-ring (bicyclic) bond motifs is 1. The predicted octanol–water partition coefficient (Wildman–Crippen LogP) is 2.89. The van der Waals surface area contributed by atoms with Crippen LogP contribution in [-0.2, 0) is 0 Å². The Morgan fingerprint density at radius 2 is 2.36 bits per heavy atom. The van der Waals surface area contributed by atoms with Gasteiger partial charge in [0, 0.05) is 0 Å². The number of hydrogen-bond donors (Lipinski definition) is 1. The summed E-state index contributed by atoms with van der Waals surface area (Å²) in [6, 6.07) is 0. The van der Waals surface area contributed by atoms with Crippen molar-refractivity contribution in [3.8, 4) is 0 Å². The SMILES string of the molecule is C[C@@H]1C[C@H](O)CC2=CC[C@@H]3CC[C@@]21C3. The van der Waals surface area contributed by atoms with E-state index < -0.39 is 0 Å². The van der Waals surface area contributed by atoms with E-state index in [9.17, 15) is 5.11 Å². The first kappa shape index (κ1) is 8.96. The second-order valence-electron chi connectivity index (χ2n) is 5.72. The molecule has 1 spiro atoms. The minimum Gasteiger partial charge on any atom is -0.393 e. The molecule has 1 heteroatoms.